The number of carbonyl (C=O) groups is 1. The SMILES string of the molecule is CC1CCN(C(=O)Cn2ncc3ccccc3c2=O)c2cc(C(F)(F)F)ccc2S1. The Balaban J connectivity index is 1.71. The van der Waals surface area contributed by atoms with Crippen LogP contribution in [0.3, 0.4) is 0 Å². The number of aromatic nitrogens is 2. The third-order valence-electron chi connectivity index (χ3n) is 5.01. The summed E-state index contributed by atoms with van der Waals surface area (Å²) in [6.45, 7) is 1.89. The molecular weight excluding hydrogens is 415 g/mol. The number of alkyl halides is 3. The fraction of sp³-hybridized carbons (Fsp3) is 0.286. The Morgan fingerprint density at radius 2 is 2.00 bits per heavy atom. The van der Waals surface area contributed by atoms with Gasteiger partial charge in [-0.15, -0.1) is 11.8 Å². The molecule has 1 aromatic heterocycles. The van der Waals surface area contributed by atoms with E-state index in [1.807, 2.05) is 6.92 Å². The lowest BCUT2D eigenvalue weighted by Crippen LogP contribution is -2.38. The molecule has 1 atom stereocenters. The number of fused-ring (bicyclic) bond motifs is 2. The lowest BCUT2D eigenvalue weighted by molar-refractivity contribution is -0.137. The summed E-state index contributed by atoms with van der Waals surface area (Å²) in [5.74, 6) is -0.477. The average Bonchev–Trinajstić information content (AvgIpc) is 2.87. The van der Waals surface area contributed by atoms with E-state index in [0.717, 1.165) is 16.8 Å². The molecule has 30 heavy (non-hydrogen) atoms. The zero-order valence-corrected chi connectivity index (χ0v) is 16.8. The Morgan fingerprint density at radius 3 is 2.77 bits per heavy atom. The highest BCUT2D eigenvalue weighted by molar-refractivity contribution is 8.00. The van der Waals surface area contributed by atoms with Gasteiger partial charge in [0.05, 0.1) is 22.8 Å². The van der Waals surface area contributed by atoms with Crippen molar-refractivity contribution in [3.8, 4) is 0 Å². The largest absolute Gasteiger partial charge is 0.416 e. The third kappa shape index (κ3) is 3.94. The summed E-state index contributed by atoms with van der Waals surface area (Å²) in [5, 5.41) is 5.29. The molecular formula is C21H18F3N3O2S. The summed E-state index contributed by atoms with van der Waals surface area (Å²) in [4.78, 5) is 27.7. The molecule has 1 aliphatic heterocycles. The van der Waals surface area contributed by atoms with E-state index < -0.39 is 23.2 Å². The van der Waals surface area contributed by atoms with Gasteiger partial charge in [0.1, 0.15) is 6.54 Å². The number of hydrogen-bond acceptors (Lipinski definition) is 4. The second kappa shape index (κ2) is 7.79. The van der Waals surface area contributed by atoms with Crippen molar-refractivity contribution in [1.82, 2.24) is 9.78 Å². The second-order valence-corrected chi connectivity index (χ2v) is 8.62. The van der Waals surface area contributed by atoms with Crippen LogP contribution in [0.5, 0.6) is 0 Å². The molecule has 3 aromatic rings. The van der Waals surface area contributed by atoms with Gasteiger partial charge in [-0.1, -0.05) is 25.1 Å². The van der Waals surface area contributed by atoms with Crippen molar-refractivity contribution in [3.05, 3.63) is 64.6 Å². The van der Waals surface area contributed by atoms with Crippen LogP contribution in [0, 0.1) is 0 Å². The van der Waals surface area contributed by atoms with Crippen LogP contribution in [0.1, 0.15) is 18.9 Å². The van der Waals surface area contributed by atoms with E-state index >= 15 is 0 Å². The molecule has 2 heterocycles. The predicted octanol–water partition coefficient (Wildman–Crippen LogP) is 4.33. The first kappa shape index (κ1) is 20.5. The Hall–Kier alpha value is -2.81. The molecule has 156 valence electrons. The quantitative estimate of drug-likeness (QED) is 0.604. The van der Waals surface area contributed by atoms with Crippen molar-refractivity contribution in [2.45, 2.75) is 36.2 Å². The van der Waals surface area contributed by atoms with Gasteiger partial charge >= 0.3 is 6.18 Å². The standard InChI is InChI=1S/C21H18F3N3O2S/c1-13-8-9-26(17-10-15(21(22,23)24)6-7-18(17)30-13)19(28)12-27-20(29)16-5-3-2-4-14(16)11-25-27/h2-7,10-11,13H,8-9,12H2,1H3. The predicted molar refractivity (Wildman–Crippen MR) is 110 cm³/mol. The first-order chi connectivity index (χ1) is 14.2. The number of rotatable bonds is 2. The smallest absolute Gasteiger partial charge is 0.310 e. The molecule has 0 fully saturated rings. The van der Waals surface area contributed by atoms with Crippen LogP contribution in [0.2, 0.25) is 0 Å². The molecule has 1 amide bonds. The summed E-state index contributed by atoms with van der Waals surface area (Å²) in [5.41, 5.74) is -1.00. The molecule has 0 radical (unpaired) electrons. The number of nitrogens with zero attached hydrogens (tertiary/aromatic N) is 3. The molecule has 0 saturated carbocycles. The lowest BCUT2D eigenvalue weighted by atomic mass is 10.1. The van der Waals surface area contributed by atoms with Gasteiger partial charge in [-0.25, -0.2) is 4.68 Å². The molecule has 0 saturated heterocycles. The van der Waals surface area contributed by atoms with Crippen LogP contribution < -0.4 is 10.5 Å². The number of hydrogen-bond donors (Lipinski definition) is 0. The van der Waals surface area contributed by atoms with Gasteiger partial charge in [0.15, 0.2) is 0 Å². The number of amides is 1. The maximum Gasteiger partial charge on any atom is 0.416 e. The fourth-order valence-corrected chi connectivity index (χ4v) is 4.52. The Bertz CT molecular complexity index is 1180. The number of halogens is 3. The summed E-state index contributed by atoms with van der Waals surface area (Å²) >= 11 is 1.44. The topological polar surface area (TPSA) is 55.2 Å². The van der Waals surface area contributed by atoms with E-state index in [1.165, 1.54) is 28.9 Å². The first-order valence-corrected chi connectivity index (χ1v) is 10.2. The molecule has 0 spiro atoms. The molecule has 9 heteroatoms. The molecule has 1 aliphatic rings. The molecule has 0 bridgehead atoms. The number of benzene rings is 2. The van der Waals surface area contributed by atoms with Gasteiger partial charge in [0.2, 0.25) is 5.91 Å². The van der Waals surface area contributed by atoms with E-state index in [4.69, 9.17) is 0 Å². The van der Waals surface area contributed by atoms with Crippen LogP contribution in [0.15, 0.2) is 58.4 Å². The highest BCUT2D eigenvalue weighted by Crippen LogP contribution is 2.41. The summed E-state index contributed by atoms with van der Waals surface area (Å²) < 4.78 is 40.8. The first-order valence-electron chi connectivity index (χ1n) is 9.37. The lowest BCUT2D eigenvalue weighted by Gasteiger charge is -2.24. The van der Waals surface area contributed by atoms with Crippen LogP contribution >= 0.6 is 11.8 Å². The Labute approximate surface area is 174 Å². The normalized spacial score (nSPS) is 16.9. The monoisotopic (exact) mass is 433 g/mol. The van der Waals surface area contributed by atoms with Gasteiger partial charge in [0.25, 0.3) is 5.56 Å². The maximum atomic E-state index is 13.2. The molecule has 1 unspecified atom stereocenters. The highest BCUT2D eigenvalue weighted by Gasteiger charge is 2.33. The maximum absolute atomic E-state index is 13.2. The van der Waals surface area contributed by atoms with Gasteiger partial charge in [-0.3, -0.25) is 9.59 Å². The van der Waals surface area contributed by atoms with Crippen molar-refractivity contribution in [2.24, 2.45) is 0 Å². The molecule has 4 rings (SSSR count). The Morgan fingerprint density at radius 1 is 1.23 bits per heavy atom. The minimum Gasteiger partial charge on any atom is -0.310 e. The minimum absolute atomic E-state index is 0.139. The van der Waals surface area contributed by atoms with Crippen molar-refractivity contribution in [2.75, 3.05) is 11.4 Å². The number of thioether (sulfide) groups is 1. The van der Waals surface area contributed by atoms with E-state index in [0.29, 0.717) is 22.1 Å². The number of carbonyl (C=O) groups excluding carboxylic acids is 1. The van der Waals surface area contributed by atoms with Crippen molar-refractivity contribution >= 4 is 34.1 Å². The zero-order chi connectivity index (χ0) is 21.5. The van der Waals surface area contributed by atoms with E-state index in [1.54, 1.807) is 24.3 Å². The van der Waals surface area contributed by atoms with Crippen molar-refractivity contribution in [1.29, 1.82) is 0 Å². The van der Waals surface area contributed by atoms with Crippen LogP contribution in [-0.4, -0.2) is 27.5 Å². The highest BCUT2D eigenvalue weighted by atomic mass is 32.2. The molecule has 0 N–H and O–H groups in total. The Kier molecular flexibility index (Phi) is 5.31. The summed E-state index contributed by atoms with van der Waals surface area (Å²) in [7, 11) is 0. The van der Waals surface area contributed by atoms with Crippen LogP contribution in [0.25, 0.3) is 10.8 Å². The van der Waals surface area contributed by atoms with Gasteiger partial charge < -0.3 is 4.90 Å². The minimum atomic E-state index is -4.51. The van der Waals surface area contributed by atoms with Gasteiger partial charge in [-0.2, -0.15) is 18.3 Å². The van der Waals surface area contributed by atoms with Gasteiger partial charge in [-0.05, 0) is 30.7 Å². The number of anilines is 1. The molecule has 5 nitrogen and oxygen atoms in total. The van der Waals surface area contributed by atoms with Crippen LogP contribution in [0.4, 0.5) is 18.9 Å². The second-order valence-electron chi connectivity index (χ2n) is 7.14. The molecule has 2 aromatic carbocycles. The van der Waals surface area contributed by atoms with Crippen molar-refractivity contribution in [3.63, 3.8) is 0 Å². The average molecular weight is 433 g/mol. The van der Waals surface area contributed by atoms with Crippen molar-refractivity contribution < 1.29 is 18.0 Å². The fourth-order valence-electron chi connectivity index (χ4n) is 3.42. The van der Waals surface area contributed by atoms with E-state index in [-0.39, 0.29) is 24.0 Å². The molecule has 0 aliphatic carbocycles. The van der Waals surface area contributed by atoms with Gasteiger partial charge in [0, 0.05) is 22.1 Å². The third-order valence-corrected chi connectivity index (χ3v) is 6.25. The summed E-state index contributed by atoms with van der Waals surface area (Å²) in [6, 6.07) is 10.3. The van der Waals surface area contributed by atoms with E-state index in [2.05, 4.69) is 5.10 Å². The summed E-state index contributed by atoms with van der Waals surface area (Å²) in [6.07, 6.45) is -2.39. The van der Waals surface area contributed by atoms with Crippen LogP contribution in [-0.2, 0) is 17.5 Å². The van der Waals surface area contributed by atoms with E-state index in [9.17, 15) is 22.8 Å². The zero-order valence-electron chi connectivity index (χ0n) is 16.0.